The molecule has 1 aromatic carbocycles. The molecular weight excluding hydrogens is 500 g/mol. The van der Waals surface area contributed by atoms with Crippen molar-refractivity contribution >= 4 is 34.8 Å². The highest BCUT2D eigenvalue weighted by Crippen LogP contribution is 2.58. The first-order chi connectivity index (χ1) is 17.5. The largest absolute Gasteiger partial charge is 0.507 e. The highest BCUT2D eigenvalue weighted by Gasteiger charge is 2.83. The van der Waals surface area contributed by atoms with Crippen LogP contribution in [0, 0.1) is 28.6 Å². The molecule has 8 atom stereocenters. The van der Waals surface area contributed by atoms with E-state index in [4.69, 9.17) is 22.9 Å². The van der Waals surface area contributed by atoms with Crippen LogP contribution in [0.2, 0.25) is 0 Å². The molecule has 0 bridgehead atoms. The lowest BCUT2D eigenvalue weighted by Gasteiger charge is -2.64. The molecule has 0 aliphatic heterocycles. The Morgan fingerprint density at radius 1 is 1.11 bits per heavy atom. The molecule has 3 aliphatic rings. The summed E-state index contributed by atoms with van der Waals surface area (Å²) < 4.78 is 0. The monoisotopic (exact) mass is 526 g/mol. The Kier molecular flexibility index (Phi) is 5.77. The number of ketones is 5. The molecule has 0 radical (unpaired) electrons. The van der Waals surface area contributed by atoms with Crippen LogP contribution in [0.1, 0.15) is 39.2 Å². The lowest BCUT2D eigenvalue weighted by atomic mass is 9.41. The highest BCUT2D eigenvalue weighted by atomic mass is 16.3. The average Bonchev–Trinajstić information content (AvgIpc) is 2.80. The highest BCUT2D eigenvalue weighted by molar-refractivity contribution is 6.33. The van der Waals surface area contributed by atoms with Crippen LogP contribution in [0.25, 0.3) is 0 Å². The van der Waals surface area contributed by atoms with Crippen LogP contribution >= 0.6 is 0 Å². The van der Waals surface area contributed by atoms with Gasteiger partial charge in [0.15, 0.2) is 40.2 Å². The number of phenols is 1. The van der Waals surface area contributed by atoms with E-state index in [0.29, 0.717) is 0 Å². The minimum absolute atomic E-state index is 0.140. The molecule has 2 fully saturated rings. The fourth-order valence-electron chi connectivity index (χ4n) is 6.61. The molecule has 200 valence electrons. The molecule has 14 nitrogen and oxygen atoms in total. The zero-order valence-electron chi connectivity index (χ0n) is 20.6. The number of hydrogen-bond donors (Lipinski definition) is 6. The van der Waals surface area contributed by atoms with Crippen molar-refractivity contribution in [1.82, 2.24) is 4.90 Å². The topological polar surface area (TPSA) is 274 Å². The van der Waals surface area contributed by atoms with E-state index in [2.05, 4.69) is 0 Å². The van der Waals surface area contributed by atoms with Gasteiger partial charge in [0.05, 0.1) is 40.9 Å². The second kappa shape index (κ2) is 8.06. The first kappa shape index (κ1) is 27.2. The number of carbonyl (C=O) groups excluding carboxylic acids is 6. The molecule has 0 saturated heterocycles. The van der Waals surface area contributed by atoms with Gasteiger partial charge in [-0.3, -0.25) is 33.7 Å². The van der Waals surface area contributed by atoms with E-state index < -0.39 is 92.7 Å². The quantitative estimate of drug-likeness (QED) is 0.164. The number of aromatic hydroxyl groups is 1. The molecule has 0 heterocycles. The number of benzene rings is 1. The van der Waals surface area contributed by atoms with Gasteiger partial charge in [0.1, 0.15) is 11.7 Å². The third kappa shape index (κ3) is 2.71. The Bertz CT molecular complexity index is 1420. The summed E-state index contributed by atoms with van der Waals surface area (Å²) in [6.07, 6.45) is -2.39. The Hall–Kier alpha value is -3.87. The van der Waals surface area contributed by atoms with Crippen LogP contribution in [0.4, 0.5) is 0 Å². The molecule has 38 heavy (non-hydrogen) atoms. The summed E-state index contributed by atoms with van der Waals surface area (Å²) in [5.74, 6) is -12.8. The maximum Gasteiger partial charge on any atom is 0.235 e. The van der Waals surface area contributed by atoms with Crippen molar-refractivity contribution in [3.63, 3.8) is 0 Å². The number of nitrogens with zero attached hydrogens (tertiary/aromatic N) is 2. The predicted octanol–water partition coefficient (Wildman–Crippen LogP) is -3.56. The summed E-state index contributed by atoms with van der Waals surface area (Å²) in [4.78, 5) is 80.8. The zero-order chi connectivity index (χ0) is 28.9. The summed E-state index contributed by atoms with van der Waals surface area (Å²) in [5, 5.41) is 32.7. The second-order valence-electron chi connectivity index (χ2n) is 10.3. The zero-order valence-corrected chi connectivity index (χ0v) is 20.6. The molecule has 4 rings (SSSR count). The van der Waals surface area contributed by atoms with Crippen molar-refractivity contribution < 1.29 is 39.0 Å². The van der Waals surface area contributed by atoms with Crippen LogP contribution in [-0.4, -0.2) is 87.3 Å². The smallest absolute Gasteiger partial charge is 0.235 e. The number of amides is 1. The summed E-state index contributed by atoms with van der Waals surface area (Å²) in [6, 6.07) is 0.117. The van der Waals surface area contributed by atoms with Crippen LogP contribution in [-0.2, 0) is 19.2 Å². The SMILES string of the molecule is CC(=O)c1ccc(O)c2c1[C@H](N)[C@]1(N)C(C2=O)C(=O)[C@]2(C#N)C(=O)C(C(N)=O)C(=O)[C@@H](N(C)C)[C@]2(N)[C@H]1O. The van der Waals surface area contributed by atoms with Gasteiger partial charge in [-0.1, -0.05) is 0 Å². The van der Waals surface area contributed by atoms with E-state index in [1.807, 2.05) is 0 Å². The number of aliphatic hydroxyl groups excluding tert-OH is 1. The molecule has 2 unspecified atom stereocenters. The molecule has 1 amide bonds. The van der Waals surface area contributed by atoms with Crippen LogP contribution < -0.4 is 22.9 Å². The van der Waals surface area contributed by atoms with Gasteiger partial charge in [0.2, 0.25) is 5.91 Å². The molecule has 1 aromatic rings. The summed E-state index contributed by atoms with van der Waals surface area (Å²) >= 11 is 0. The van der Waals surface area contributed by atoms with Gasteiger partial charge in [-0.2, -0.15) is 5.26 Å². The van der Waals surface area contributed by atoms with Gasteiger partial charge < -0.3 is 33.1 Å². The Morgan fingerprint density at radius 2 is 1.68 bits per heavy atom. The number of carbonyl (C=O) groups is 6. The minimum atomic E-state index is -3.15. The fourth-order valence-corrected chi connectivity index (χ4v) is 6.61. The van der Waals surface area contributed by atoms with E-state index >= 15 is 0 Å². The van der Waals surface area contributed by atoms with Crippen molar-refractivity contribution in [1.29, 1.82) is 5.26 Å². The average molecular weight is 527 g/mol. The number of primary amides is 1. The third-order valence-corrected chi connectivity index (χ3v) is 8.28. The molecule has 0 aromatic heterocycles. The second-order valence-corrected chi connectivity index (χ2v) is 10.3. The van der Waals surface area contributed by atoms with E-state index in [1.54, 1.807) is 0 Å². The van der Waals surface area contributed by atoms with E-state index in [1.165, 1.54) is 26.2 Å². The molecular formula is C24H26N6O8. The van der Waals surface area contributed by atoms with Crippen molar-refractivity contribution in [3.05, 3.63) is 28.8 Å². The van der Waals surface area contributed by atoms with Crippen molar-refractivity contribution in [2.75, 3.05) is 14.1 Å². The van der Waals surface area contributed by atoms with E-state index in [-0.39, 0.29) is 11.1 Å². The molecule has 14 heteroatoms. The third-order valence-electron chi connectivity index (χ3n) is 8.28. The number of Topliss-reactive ketones (excluding diaryl/α,β-unsaturated/α-hetero) is 5. The van der Waals surface area contributed by atoms with Gasteiger partial charge in [-0.05, 0) is 38.7 Å². The normalized spacial score (nSPS) is 38.2. The van der Waals surface area contributed by atoms with Crippen LogP contribution in [0.15, 0.2) is 12.1 Å². The first-order valence-corrected chi connectivity index (χ1v) is 11.4. The van der Waals surface area contributed by atoms with Crippen LogP contribution in [0.5, 0.6) is 5.75 Å². The van der Waals surface area contributed by atoms with Gasteiger partial charge >= 0.3 is 0 Å². The number of likely N-dealkylation sites (N-methyl/N-ethyl adjacent to an activating group) is 1. The first-order valence-electron chi connectivity index (χ1n) is 11.4. The Balaban J connectivity index is 2.15. The van der Waals surface area contributed by atoms with Gasteiger partial charge in [0, 0.05) is 5.56 Å². The summed E-state index contributed by atoms with van der Waals surface area (Å²) in [6.45, 7) is 1.15. The maximum absolute atomic E-state index is 14.2. The van der Waals surface area contributed by atoms with Gasteiger partial charge in [-0.25, -0.2) is 0 Å². The number of rotatable bonds is 3. The van der Waals surface area contributed by atoms with Crippen molar-refractivity contribution in [3.8, 4) is 11.8 Å². The van der Waals surface area contributed by atoms with Crippen molar-refractivity contribution in [2.45, 2.75) is 36.2 Å². The molecule has 10 N–H and O–H groups in total. The van der Waals surface area contributed by atoms with Crippen LogP contribution in [0.3, 0.4) is 0 Å². The number of phenolic OH excluding ortho intramolecular Hbond substituents is 1. The summed E-state index contributed by atoms with van der Waals surface area (Å²) in [7, 11) is 2.57. The lowest BCUT2D eigenvalue weighted by molar-refractivity contribution is -0.181. The van der Waals surface area contributed by atoms with E-state index in [0.717, 1.165) is 17.9 Å². The Labute approximate surface area is 215 Å². The maximum atomic E-state index is 14.2. The summed E-state index contributed by atoms with van der Waals surface area (Å²) in [5.41, 5.74) is 15.4. The standard InChI is InChI=1S/C24H26N6O8/c1-7(31)8-4-5-9(32)11-10(8)16(26)23(28)13(14(11)33)19(36)22(6-25)18(35)12(20(27)37)15(34)17(30(2)3)24(22,29)21(23)38/h4-5,12-13,16-17,21,32,38H,26,28-29H2,1-3H3,(H2,27,37)/t12?,13?,16-,17+,21-,22-,23+,24-/m0/s1. The minimum Gasteiger partial charge on any atom is -0.507 e. The molecule has 2 saturated carbocycles. The Morgan fingerprint density at radius 3 is 2.16 bits per heavy atom. The van der Waals surface area contributed by atoms with E-state index in [9.17, 15) is 44.2 Å². The van der Waals surface area contributed by atoms with Crippen molar-refractivity contribution in [2.24, 2.45) is 40.2 Å². The lowest BCUT2D eigenvalue weighted by Crippen LogP contribution is -2.92. The predicted molar refractivity (Wildman–Crippen MR) is 126 cm³/mol. The van der Waals surface area contributed by atoms with Gasteiger partial charge in [0.25, 0.3) is 0 Å². The number of hydrogen-bond acceptors (Lipinski definition) is 13. The van der Waals surface area contributed by atoms with Gasteiger partial charge in [-0.15, -0.1) is 0 Å². The number of nitrogens with two attached hydrogens (primary N) is 4. The molecule has 3 aliphatic carbocycles. The number of fused-ring (bicyclic) bond motifs is 3. The number of nitriles is 1. The number of aliphatic hydroxyl groups is 1. The fraction of sp³-hybridized carbons (Fsp3) is 0.458. The molecule has 0 spiro atoms.